The molecule has 2 aromatic rings. The number of hydrogen-bond donors (Lipinski definition) is 3. The zero-order chi connectivity index (χ0) is 21.7. The van der Waals surface area contributed by atoms with Gasteiger partial charge in [0.15, 0.2) is 0 Å². The first-order valence-electron chi connectivity index (χ1n) is 10.4. The average Bonchev–Trinajstić information content (AvgIpc) is 3.07. The molecule has 2 atom stereocenters. The van der Waals surface area contributed by atoms with Gasteiger partial charge in [-0.25, -0.2) is 0 Å². The highest BCUT2D eigenvalue weighted by molar-refractivity contribution is 7.16. The van der Waals surface area contributed by atoms with Crippen LogP contribution >= 0.6 is 11.3 Å². The second-order valence-electron chi connectivity index (χ2n) is 7.69. The minimum Gasteiger partial charge on any atom is -0.481 e. The normalized spacial score (nSPS) is 18.6. The Morgan fingerprint density at radius 1 is 1.10 bits per heavy atom. The summed E-state index contributed by atoms with van der Waals surface area (Å²) < 4.78 is 0. The van der Waals surface area contributed by atoms with Crippen LogP contribution in [-0.4, -0.2) is 22.9 Å². The molecule has 1 heterocycles. The Labute approximate surface area is 180 Å². The van der Waals surface area contributed by atoms with E-state index in [0.29, 0.717) is 36.4 Å². The number of aryl methyl sites for hydroxylation is 1. The number of aliphatic carboxylic acids is 1. The lowest BCUT2D eigenvalue weighted by molar-refractivity contribution is -0.147. The van der Waals surface area contributed by atoms with Crippen LogP contribution in [-0.2, 0) is 22.6 Å². The predicted octanol–water partition coefficient (Wildman–Crippen LogP) is 4.38. The summed E-state index contributed by atoms with van der Waals surface area (Å²) in [6.07, 6.45) is 3.42. The highest BCUT2D eigenvalue weighted by atomic mass is 32.1. The van der Waals surface area contributed by atoms with Crippen LogP contribution in [0.2, 0.25) is 0 Å². The third-order valence-electron chi connectivity index (χ3n) is 5.74. The van der Waals surface area contributed by atoms with Crippen molar-refractivity contribution in [2.45, 2.75) is 52.5 Å². The molecule has 3 N–H and O–H groups in total. The molecule has 3 rings (SSSR count). The van der Waals surface area contributed by atoms with Gasteiger partial charge in [-0.3, -0.25) is 14.4 Å². The molecule has 1 aliphatic rings. The zero-order valence-corrected chi connectivity index (χ0v) is 18.2. The number of carboxylic acids is 1. The minimum atomic E-state index is -0.924. The van der Waals surface area contributed by atoms with Gasteiger partial charge in [0, 0.05) is 11.4 Å². The van der Waals surface area contributed by atoms with Gasteiger partial charge in [0.25, 0.3) is 5.91 Å². The largest absolute Gasteiger partial charge is 0.481 e. The molecule has 1 saturated carbocycles. The molecule has 1 aromatic carbocycles. The fourth-order valence-corrected chi connectivity index (χ4v) is 5.29. The second-order valence-corrected chi connectivity index (χ2v) is 8.91. The lowest BCUT2D eigenvalue weighted by Gasteiger charge is -2.27. The number of anilines is 1. The summed E-state index contributed by atoms with van der Waals surface area (Å²) in [7, 11) is 0. The van der Waals surface area contributed by atoms with Crippen LogP contribution in [0.4, 0.5) is 5.00 Å². The first-order valence-corrected chi connectivity index (χ1v) is 11.2. The highest BCUT2D eigenvalue weighted by Crippen LogP contribution is 2.36. The molecule has 6 nitrogen and oxygen atoms in total. The van der Waals surface area contributed by atoms with E-state index >= 15 is 0 Å². The SMILES string of the molecule is CCc1c(C)sc(NC(=O)C2CCCCC2C(=O)O)c1C(=O)NCc1ccccc1. The Balaban J connectivity index is 1.80. The van der Waals surface area contributed by atoms with Crippen LogP contribution in [0.15, 0.2) is 30.3 Å². The monoisotopic (exact) mass is 428 g/mol. The number of nitrogens with one attached hydrogen (secondary N) is 2. The lowest BCUT2D eigenvalue weighted by Crippen LogP contribution is -2.36. The van der Waals surface area contributed by atoms with Gasteiger partial charge >= 0.3 is 5.97 Å². The van der Waals surface area contributed by atoms with Crippen LogP contribution in [0.1, 0.15) is 59.0 Å². The van der Waals surface area contributed by atoms with Crippen molar-refractivity contribution < 1.29 is 19.5 Å². The van der Waals surface area contributed by atoms with Crippen molar-refractivity contribution in [1.29, 1.82) is 0 Å². The molecule has 30 heavy (non-hydrogen) atoms. The van der Waals surface area contributed by atoms with Gasteiger partial charge in [-0.2, -0.15) is 0 Å². The number of carbonyl (C=O) groups is 3. The van der Waals surface area contributed by atoms with Gasteiger partial charge < -0.3 is 15.7 Å². The molecule has 7 heteroatoms. The number of amides is 2. The van der Waals surface area contributed by atoms with E-state index in [9.17, 15) is 19.5 Å². The summed E-state index contributed by atoms with van der Waals surface area (Å²) in [5, 5.41) is 15.8. The van der Waals surface area contributed by atoms with Gasteiger partial charge in [-0.15, -0.1) is 11.3 Å². The Morgan fingerprint density at radius 3 is 2.40 bits per heavy atom. The quantitative estimate of drug-likeness (QED) is 0.610. The third-order valence-corrected chi connectivity index (χ3v) is 6.81. The van der Waals surface area contributed by atoms with Gasteiger partial charge in [-0.05, 0) is 37.3 Å². The molecule has 0 saturated heterocycles. The molecule has 1 aromatic heterocycles. The second kappa shape index (κ2) is 9.89. The Kier molecular flexibility index (Phi) is 7.26. The van der Waals surface area contributed by atoms with Gasteiger partial charge in [0.2, 0.25) is 5.91 Å². The van der Waals surface area contributed by atoms with E-state index in [2.05, 4.69) is 10.6 Å². The predicted molar refractivity (Wildman–Crippen MR) is 118 cm³/mol. The van der Waals surface area contributed by atoms with E-state index in [4.69, 9.17) is 0 Å². The van der Waals surface area contributed by atoms with Crippen LogP contribution in [0.25, 0.3) is 0 Å². The van der Waals surface area contributed by atoms with E-state index in [-0.39, 0.29) is 11.8 Å². The number of carboxylic acid groups (broad SMARTS) is 1. The van der Waals surface area contributed by atoms with Crippen LogP contribution < -0.4 is 10.6 Å². The number of hydrogen-bond acceptors (Lipinski definition) is 4. The van der Waals surface area contributed by atoms with Crippen molar-refractivity contribution in [2.75, 3.05) is 5.32 Å². The molecule has 0 spiro atoms. The van der Waals surface area contributed by atoms with Gasteiger partial charge in [0.1, 0.15) is 5.00 Å². The fourth-order valence-electron chi connectivity index (χ4n) is 4.14. The third kappa shape index (κ3) is 4.90. The van der Waals surface area contributed by atoms with E-state index in [1.54, 1.807) is 0 Å². The first kappa shape index (κ1) is 22.0. The molecular formula is C23H28N2O4S. The van der Waals surface area contributed by atoms with Crippen molar-refractivity contribution in [3.8, 4) is 0 Å². The summed E-state index contributed by atoms with van der Waals surface area (Å²) in [5.41, 5.74) is 2.40. The molecule has 0 bridgehead atoms. The van der Waals surface area contributed by atoms with E-state index in [1.165, 1.54) is 11.3 Å². The average molecular weight is 429 g/mol. The maximum atomic E-state index is 13.0. The fraction of sp³-hybridized carbons (Fsp3) is 0.435. The molecule has 160 valence electrons. The number of rotatable bonds is 7. The lowest BCUT2D eigenvalue weighted by atomic mass is 9.79. The van der Waals surface area contributed by atoms with E-state index < -0.39 is 17.8 Å². The smallest absolute Gasteiger partial charge is 0.307 e. The highest BCUT2D eigenvalue weighted by Gasteiger charge is 2.36. The van der Waals surface area contributed by atoms with Crippen molar-refractivity contribution in [2.24, 2.45) is 11.8 Å². The number of benzene rings is 1. The molecule has 0 aliphatic heterocycles. The summed E-state index contributed by atoms with van der Waals surface area (Å²) in [6, 6.07) is 9.65. The van der Waals surface area contributed by atoms with Gasteiger partial charge in [0.05, 0.1) is 17.4 Å². The Morgan fingerprint density at radius 2 is 1.77 bits per heavy atom. The molecule has 2 unspecified atom stereocenters. The molecule has 0 radical (unpaired) electrons. The minimum absolute atomic E-state index is 0.228. The number of thiophene rings is 1. The van der Waals surface area contributed by atoms with Crippen LogP contribution in [0.5, 0.6) is 0 Å². The molecular weight excluding hydrogens is 400 g/mol. The van der Waals surface area contributed by atoms with Crippen LogP contribution in [0.3, 0.4) is 0 Å². The summed E-state index contributed by atoms with van der Waals surface area (Å²) >= 11 is 1.38. The van der Waals surface area contributed by atoms with Crippen molar-refractivity contribution >= 4 is 34.1 Å². The Hall–Kier alpha value is -2.67. The van der Waals surface area contributed by atoms with Crippen LogP contribution in [0, 0.1) is 18.8 Å². The Bertz CT molecular complexity index is 923. The maximum absolute atomic E-state index is 13.0. The molecule has 1 fully saturated rings. The number of carbonyl (C=O) groups excluding carboxylic acids is 2. The van der Waals surface area contributed by atoms with Crippen molar-refractivity contribution in [3.05, 3.63) is 51.9 Å². The van der Waals surface area contributed by atoms with Crippen molar-refractivity contribution in [1.82, 2.24) is 5.32 Å². The first-order chi connectivity index (χ1) is 14.4. The standard InChI is InChI=1S/C23H28N2O4S/c1-3-16-14(2)30-22(19(16)21(27)24-13-15-9-5-4-6-10-15)25-20(26)17-11-7-8-12-18(17)23(28)29/h4-6,9-10,17-18H,3,7-8,11-13H2,1-2H3,(H,24,27)(H,25,26)(H,28,29). The van der Waals surface area contributed by atoms with Crippen molar-refractivity contribution in [3.63, 3.8) is 0 Å². The topological polar surface area (TPSA) is 95.5 Å². The molecule has 1 aliphatic carbocycles. The molecule has 2 amide bonds. The summed E-state index contributed by atoms with van der Waals surface area (Å²) in [6.45, 7) is 4.32. The zero-order valence-electron chi connectivity index (χ0n) is 17.4. The van der Waals surface area contributed by atoms with E-state index in [1.807, 2.05) is 44.2 Å². The maximum Gasteiger partial charge on any atom is 0.307 e. The summed E-state index contributed by atoms with van der Waals surface area (Å²) in [5.74, 6) is -2.69. The summed E-state index contributed by atoms with van der Waals surface area (Å²) in [4.78, 5) is 38.5. The van der Waals surface area contributed by atoms with E-state index in [0.717, 1.165) is 28.8 Å². The van der Waals surface area contributed by atoms with Gasteiger partial charge in [-0.1, -0.05) is 50.1 Å².